The number of nitrogens with one attached hydrogen (secondary N) is 2. The van der Waals surface area contributed by atoms with E-state index in [1.807, 2.05) is 4.90 Å². The summed E-state index contributed by atoms with van der Waals surface area (Å²) in [4.78, 5) is 30.5. The Labute approximate surface area is 166 Å². The second-order valence-electron chi connectivity index (χ2n) is 6.00. The van der Waals surface area contributed by atoms with Gasteiger partial charge in [-0.05, 0) is 12.1 Å². The fraction of sp³-hybridized carbons (Fsp3) is 0.353. The molecule has 1 saturated heterocycles. The lowest BCUT2D eigenvalue weighted by Crippen LogP contribution is -2.42. The first kappa shape index (κ1) is 20.2. The predicted molar refractivity (Wildman–Crippen MR) is 104 cm³/mol. The molecule has 1 aliphatic rings. The third-order valence-corrected chi connectivity index (χ3v) is 6.66. The molecule has 11 heteroatoms. The van der Waals surface area contributed by atoms with E-state index in [0.717, 1.165) is 0 Å². The molecule has 2 aromatic rings. The Kier molecular flexibility index (Phi) is 6.60. The number of amides is 2. The van der Waals surface area contributed by atoms with Crippen LogP contribution in [0, 0.1) is 0 Å². The molecule has 1 aromatic carbocycles. The van der Waals surface area contributed by atoms with Gasteiger partial charge in [0.05, 0.1) is 23.9 Å². The molecule has 28 heavy (non-hydrogen) atoms. The topological polar surface area (TPSA) is 118 Å². The Morgan fingerprint density at radius 3 is 2.57 bits per heavy atom. The van der Waals surface area contributed by atoms with Crippen LogP contribution in [0.15, 0.2) is 40.6 Å². The molecule has 0 saturated carbocycles. The number of hydrazine groups is 1. The van der Waals surface area contributed by atoms with Crippen LogP contribution in [0.4, 0.5) is 5.13 Å². The molecule has 1 aromatic heterocycles. The van der Waals surface area contributed by atoms with Crippen molar-refractivity contribution in [3.8, 4) is 0 Å². The van der Waals surface area contributed by atoms with Crippen LogP contribution in [0.25, 0.3) is 0 Å². The van der Waals surface area contributed by atoms with Gasteiger partial charge >= 0.3 is 0 Å². The summed E-state index contributed by atoms with van der Waals surface area (Å²) < 4.78 is 29.6. The van der Waals surface area contributed by atoms with Gasteiger partial charge in [0.2, 0.25) is 5.91 Å². The van der Waals surface area contributed by atoms with E-state index in [1.54, 1.807) is 23.6 Å². The van der Waals surface area contributed by atoms with Crippen molar-refractivity contribution in [2.45, 2.75) is 11.3 Å². The molecule has 0 bridgehead atoms. The molecule has 3 rings (SSSR count). The van der Waals surface area contributed by atoms with Gasteiger partial charge in [-0.1, -0.05) is 18.2 Å². The number of thiazole rings is 1. The summed E-state index contributed by atoms with van der Waals surface area (Å²) in [6, 6.07) is 7.90. The summed E-state index contributed by atoms with van der Waals surface area (Å²) in [5.74, 6) is -1.51. The summed E-state index contributed by atoms with van der Waals surface area (Å²) in [6.45, 7) is 2.65. The highest BCUT2D eigenvalue weighted by atomic mass is 32.2. The van der Waals surface area contributed by atoms with E-state index < -0.39 is 21.7 Å². The molecule has 1 fully saturated rings. The number of sulfone groups is 1. The summed E-state index contributed by atoms with van der Waals surface area (Å²) in [5, 5.41) is 2.32. The Hall–Kier alpha value is -2.50. The maximum Gasteiger partial charge on any atom is 0.289 e. The normalized spacial score (nSPS) is 14.5. The van der Waals surface area contributed by atoms with Crippen molar-refractivity contribution < 1.29 is 22.7 Å². The van der Waals surface area contributed by atoms with Crippen molar-refractivity contribution in [1.82, 2.24) is 15.8 Å². The molecule has 0 atom stereocenters. The molecule has 2 amide bonds. The summed E-state index contributed by atoms with van der Waals surface area (Å²) in [6.07, 6.45) is -0.270. The van der Waals surface area contributed by atoms with Crippen LogP contribution in [-0.4, -0.2) is 57.3 Å². The van der Waals surface area contributed by atoms with Gasteiger partial charge in [-0.15, -0.1) is 11.3 Å². The molecule has 150 valence electrons. The van der Waals surface area contributed by atoms with Crippen molar-refractivity contribution >= 4 is 38.1 Å². The zero-order valence-corrected chi connectivity index (χ0v) is 16.6. The highest BCUT2D eigenvalue weighted by molar-refractivity contribution is 7.91. The van der Waals surface area contributed by atoms with E-state index in [9.17, 15) is 18.0 Å². The molecule has 0 radical (unpaired) electrons. The fourth-order valence-corrected chi connectivity index (χ4v) is 4.62. The third kappa shape index (κ3) is 5.27. The van der Waals surface area contributed by atoms with Crippen LogP contribution in [0.2, 0.25) is 0 Å². The number of carbonyl (C=O) groups is 2. The number of anilines is 1. The van der Waals surface area contributed by atoms with E-state index in [0.29, 0.717) is 31.4 Å². The van der Waals surface area contributed by atoms with Crippen molar-refractivity contribution in [3.63, 3.8) is 0 Å². The second kappa shape index (κ2) is 9.13. The number of hydrogen-bond acceptors (Lipinski definition) is 8. The minimum Gasteiger partial charge on any atom is -0.378 e. The van der Waals surface area contributed by atoms with Crippen LogP contribution < -0.4 is 15.8 Å². The Balaban J connectivity index is 1.47. The van der Waals surface area contributed by atoms with Crippen LogP contribution in [-0.2, 0) is 19.4 Å². The molecular weight excluding hydrogens is 404 g/mol. The predicted octanol–water partition coefficient (Wildman–Crippen LogP) is 0.605. The van der Waals surface area contributed by atoms with Crippen LogP contribution in [0.5, 0.6) is 0 Å². The quantitative estimate of drug-likeness (QED) is 0.652. The molecule has 0 spiro atoms. The third-order valence-electron chi connectivity index (χ3n) is 4.02. The Morgan fingerprint density at radius 2 is 1.86 bits per heavy atom. The number of hydrogen-bond donors (Lipinski definition) is 2. The van der Waals surface area contributed by atoms with E-state index in [-0.39, 0.29) is 22.8 Å². The lowest BCUT2D eigenvalue weighted by atomic mass is 10.4. The molecule has 2 N–H and O–H groups in total. The standard InChI is InChI=1S/C17H20N4O5S2/c22-15(6-11-28(24,25)13-4-2-1-3-5-13)19-20-16(23)14-12-27-17(18-14)21-7-9-26-10-8-21/h1-5,12H,6-11H2,(H,19,22)(H,20,23). The van der Waals surface area contributed by atoms with Gasteiger partial charge in [-0.3, -0.25) is 20.4 Å². The highest BCUT2D eigenvalue weighted by Gasteiger charge is 2.19. The first-order valence-corrected chi connectivity index (χ1v) is 11.1. The van der Waals surface area contributed by atoms with Crippen LogP contribution in [0.1, 0.15) is 16.9 Å². The average molecular weight is 425 g/mol. The van der Waals surface area contributed by atoms with Crippen molar-refractivity contribution in [1.29, 1.82) is 0 Å². The Bertz CT molecular complexity index is 924. The van der Waals surface area contributed by atoms with Gasteiger partial charge in [-0.2, -0.15) is 0 Å². The second-order valence-corrected chi connectivity index (χ2v) is 8.94. The van der Waals surface area contributed by atoms with E-state index in [4.69, 9.17) is 4.74 Å². The fourth-order valence-electron chi connectivity index (χ4n) is 2.49. The zero-order valence-electron chi connectivity index (χ0n) is 15.0. The first-order chi connectivity index (χ1) is 13.5. The molecular formula is C17H20N4O5S2. The van der Waals surface area contributed by atoms with Crippen LogP contribution in [0.3, 0.4) is 0 Å². The number of benzene rings is 1. The lowest BCUT2D eigenvalue weighted by molar-refractivity contribution is -0.121. The SMILES string of the molecule is O=C(CCS(=O)(=O)c1ccccc1)NNC(=O)c1csc(N2CCOCC2)n1. The minimum atomic E-state index is -3.56. The monoisotopic (exact) mass is 424 g/mol. The number of ether oxygens (including phenoxy) is 1. The van der Waals surface area contributed by atoms with Gasteiger partial charge < -0.3 is 9.64 Å². The van der Waals surface area contributed by atoms with Crippen molar-refractivity contribution in [3.05, 3.63) is 41.4 Å². The summed E-state index contributed by atoms with van der Waals surface area (Å²) in [7, 11) is -3.56. The molecule has 9 nitrogen and oxygen atoms in total. The largest absolute Gasteiger partial charge is 0.378 e. The smallest absolute Gasteiger partial charge is 0.289 e. The number of carbonyl (C=O) groups excluding carboxylic acids is 2. The average Bonchev–Trinajstić information content (AvgIpc) is 3.22. The van der Waals surface area contributed by atoms with E-state index >= 15 is 0 Å². The number of aromatic nitrogens is 1. The Morgan fingerprint density at radius 1 is 1.14 bits per heavy atom. The van der Waals surface area contributed by atoms with Crippen LogP contribution >= 0.6 is 11.3 Å². The minimum absolute atomic E-state index is 0.157. The van der Waals surface area contributed by atoms with Gasteiger partial charge in [0.25, 0.3) is 5.91 Å². The summed E-state index contributed by atoms with van der Waals surface area (Å²) in [5.41, 5.74) is 4.66. The van der Waals surface area contributed by atoms with Crippen molar-refractivity contribution in [2.24, 2.45) is 0 Å². The number of morpholine rings is 1. The number of rotatable bonds is 6. The van der Waals surface area contributed by atoms with Gasteiger partial charge in [0.1, 0.15) is 5.69 Å². The summed E-state index contributed by atoms with van der Waals surface area (Å²) >= 11 is 1.34. The molecule has 2 heterocycles. The molecule has 0 unspecified atom stereocenters. The van der Waals surface area contributed by atoms with Gasteiger partial charge in [0.15, 0.2) is 15.0 Å². The van der Waals surface area contributed by atoms with Crippen molar-refractivity contribution in [2.75, 3.05) is 37.0 Å². The van der Waals surface area contributed by atoms with Gasteiger partial charge in [0, 0.05) is 24.9 Å². The zero-order chi connectivity index (χ0) is 20.0. The van der Waals surface area contributed by atoms with E-state index in [2.05, 4.69) is 15.8 Å². The van der Waals surface area contributed by atoms with Gasteiger partial charge in [-0.25, -0.2) is 13.4 Å². The van der Waals surface area contributed by atoms with E-state index in [1.165, 1.54) is 23.5 Å². The maximum atomic E-state index is 12.2. The first-order valence-electron chi connectivity index (χ1n) is 8.61. The maximum absolute atomic E-state index is 12.2. The molecule has 1 aliphatic heterocycles. The number of nitrogens with zero attached hydrogens (tertiary/aromatic N) is 2. The lowest BCUT2D eigenvalue weighted by Gasteiger charge is -2.25. The highest BCUT2D eigenvalue weighted by Crippen LogP contribution is 2.21. The molecule has 0 aliphatic carbocycles.